The number of nitrogens with two attached hydrogens (primary N) is 1. The van der Waals surface area contributed by atoms with Crippen LogP contribution in [0.1, 0.15) is 67.0 Å². The van der Waals surface area contributed by atoms with Gasteiger partial charge in [-0.15, -0.1) is 0 Å². The number of carbonyl (C=O) groups is 2. The Labute approximate surface area is 215 Å². The lowest BCUT2D eigenvalue weighted by Crippen LogP contribution is -2.48. The zero-order chi connectivity index (χ0) is 26.6. The molecule has 0 bridgehead atoms. The quantitative estimate of drug-likeness (QED) is 0.480. The summed E-state index contributed by atoms with van der Waals surface area (Å²) in [5.74, 6) is -0.138. The molecule has 1 aromatic carbocycles. The first-order chi connectivity index (χ1) is 17.0. The Morgan fingerprint density at radius 3 is 2.25 bits per heavy atom. The van der Waals surface area contributed by atoms with Crippen LogP contribution in [0, 0.1) is 22.7 Å². The molecule has 2 aromatic rings. The van der Waals surface area contributed by atoms with Crippen LogP contribution in [0.3, 0.4) is 0 Å². The number of benzene rings is 1. The minimum absolute atomic E-state index is 0.0673. The fourth-order valence-electron chi connectivity index (χ4n) is 4.03. The van der Waals surface area contributed by atoms with Gasteiger partial charge in [0.2, 0.25) is 5.91 Å². The molecule has 1 atom stereocenters. The van der Waals surface area contributed by atoms with Crippen LogP contribution in [0.15, 0.2) is 35.4 Å². The highest BCUT2D eigenvalue weighted by atomic mass is 32.2. The van der Waals surface area contributed by atoms with Crippen molar-refractivity contribution in [2.75, 3.05) is 25.0 Å². The lowest BCUT2D eigenvalue weighted by molar-refractivity contribution is -0.117. The first-order valence-corrected chi connectivity index (χ1v) is 12.5. The van der Waals surface area contributed by atoms with Crippen LogP contribution in [0.2, 0.25) is 0 Å². The van der Waals surface area contributed by atoms with Crippen LogP contribution >= 0.6 is 11.8 Å². The lowest BCUT2D eigenvalue weighted by Gasteiger charge is -2.34. The van der Waals surface area contributed by atoms with Crippen molar-refractivity contribution in [3.63, 3.8) is 0 Å². The molecule has 36 heavy (non-hydrogen) atoms. The van der Waals surface area contributed by atoms with Gasteiger partial charge < -0.3 is 20.6 Å². The summed E-state index contributed by atoms with van der Waals surface area (Å²) in [4.78, 5) is 31.9. The Morgan fingerprint density at radius 1 is 1.17 bits per heavy atom. The zero-order valence-electron chi connectivity index (χ0n) is 20.9. The molecular formula is C26H30N6O3S. The fraction of sp³-hybridized carbons (Fsp3) is 0.423. The number of nitrogens with zero attached hydrogens (tertiary/aromatic N) is 5. The topological polar surface area (TPSA) is 147 Å². The van der Waals surface area contributed by atoms with E-state index >= 15 is 0 Å². The van der Waals surface area contributed by atoms with Gasteiger partial charge in [0.05, 0.1) is 11.1 Å². The predicted octanol–water partition coefficient (Wildman–Crippen LogP) is 4.24. The van der Waals surface area contributed by atoms with Crippen LogP contribution in [0.4, 0.5) is 10.6 Å². The Morgan fingerprint density at radius 2 is 1.78 bits per heavy atom. The molecular weight excluding hydrogens is 476 g/mol. The van der Waals surface area contributed by atoms with E-state index in [9.17, 15) is 25.2 Å². The number of pyridine rings is 1. The molecule has 9 nitrogen and oxygen atoms in total. The van der Waals surface area contributed by atoms with Gasteiger partial charge in [0.25, 0.3) is 0 Å². The standard InChI is InChI=1S/C26H30N6O3S/c1-26(2,3)32(25(34)35)13-12-31(4)23-18(14-27)20(16-10-11-16)19(15-28)24(30-23)36-21(22(29)33)17-8-6-5-7-9-17/h5-9,16,21H,10-13H2,1-4H3,(H2,29,33)(H,34,35). The molecule has 3 rings (SSSR count). The highest BCUT2D eigenvalue weighted by molar-refractivity contribution is 8.00. The van der Waals surface area contributed by atoms with Crippen LogP contribution < -0.4 is 10.6 Å². The number of hydrogen-bond donors (Lipinski definition) is 2. The van der Waals surface area contributed by atoms with Gasteiger partial charge in [-0.05, 0) is 50.7 Å². The van der Waals surface area contributed by atoms with E-state index < -0.39 is 22.8 Å². The Balaban J connectivity index is 2.06. The van der Waals surface area contributed by atoms with Crippen molar-refractivity contribution in [2.24, 2.45) is 5.73 Å². The summed E-state index contributed by atoms with van der Waals surface area (Å²) >= 11 is 1.10. The Bertz CT molecular complexity index is 1230. The van der Waals surface area contributed by atoms with E-state index in [1.807, 2.05) is 39.0 Å². The van der Waals surface area contributed by atoms with E-state index in [0.717, 1.165) is 24.6 Å². The summed E-state index contributed by atoms with van der Waals surface area (Å²) in [5, 5.41) is 29.3. The highest BCUT2D eigenvalue weighted by Gasteiger charge is 2.35. The first-order valence-electron chi connectivity index (χ1n) is 11.6. The summed E-state index contributed by atoms with van der Waals surface area (Å²) in [5.41, 5.74) is 7.06. The van der Waals surface area contributed by atoms with E-state index in [2.05, 4.69) is 17.1 Å². The summed E-state index contributed by atoms with van der Waals surface area (Å²) in [6.45, 7) is 5.92. The summed E-state index contributed by atoms with van der Waals surface area (Å²) in [7, 11) is 1.74. The number of hydrogen-bond acceptors (Lipinski definition) is 7. The second-order valence-corrected chi connectivity index (χ2v) is 10.8. The van der Waals surface area contributed by atoms with Gasteiger partial charge in [-0.25, -0.2) is 9.78 Å². The van der Waals surface area contributed by atoms with Gasteiger partial charge in [-0.3, -0.25) is 4.79 Å². The molecule has 0 aliphatic heterocycles. The number of rotatable bonds is 9. The van der Waals surface area contributed by atoms with Crippen molar-refractivity contribution in [3.8, 4) is 12.1 Å². The third-order valence-electron chi connectivity index (χ3n) is 6.04. The maximum atomic E-state index is 12.4. The van der Waals surface area contributed by atoms with E-state index in [-0.39, 0.29) is 19.0 Å². The molecule has 1 aliphatic carbocycles. The van der Waals surface area contributed by atoms with E-state index in [1.165, 1.54) is 4.90 Å². The molecule has 188 valence electrons. The number of nitriles is 2. The number of primary amides is 1. The minimum atomic E-state index is -1.04. The smallest absolute Gasteiger partial charge is 0.407 e. The number of carbonyl (C=O) groups excluding carboxylic acids is 1. The van der Waals surface area contributed by atoms with E-state index in [4.69, 9.17) is 5.73 Å². The normalized spacial score (nSPS) is 13.8. The van der Waals surface area contributed by atoms with Crippen LogP contribution in [-0.2, 0) is 4.79 Å². The molecule has 3 N–H and O–H groups in total. The third-order valence-corrected chi connectivity index (χ3v) is 7.30. The monoisotopic (exact) mass is 506 g/mol. The van der Waals surface area contributed by atoms with Gasteiger partial charge in [0.1, 0.15) is 28.2 Å². The maximum absolute atomic E-state index is 12.4. The Kier molecular flexibility index (Phi) is 8.11. The Hall–Kier alpha value is -3.76. The van der Waals surface area contributed by atoms with E-state index in [1.54, 1.807) is 24.1 Å². The van der Waals surface area contributed by atoms with Crippen molar-refractivity contribution in [1.82, 2.24) is 9.88 Å². The molecule has 2 amide bonds. The van der Waals surface area contributed by atoms with Gasteiger partial charge in [-0.2, -0.15) is 10.5 Å². The molecule has 1 fully saturated rings. The number of amides is 2. The van der Waals surface area contributed by atoms with Gasteiger partial charge in [0, 0.05) is 25.7 Å². The average molecular weight is 507 g/mol. The molecule has 1 heterocycles. The zero-order valence-corrected chi connectivity index (χ0v) is 21.7. The molecule has 1 aromatic heterocycles. The molecule has 0 radical (unpaired) electrons. The summed E-state index contributed by atoms with van der Waals surface area (Å²) in [6, 6.07) is 13.5. The number of thioether (sulfide) groups is 1. The number of anilines is 1. The second-order valence-electron chi connectivity index (χ2n) is 9.74. The fourth-order valence-corrected chi connectivity index (χ4v) is 5.08. The van der Waals surface area contributed by atoms with Gasteiger partial charge in [-0.1, -0.05) is 42.1 Å². The number of likely N-dealkylation sites (N-methyl/N-ethyl adjacent to an activating group) is 1. The van der Waals surface area contributed by atoms with Crippen molar-refractivity contribution >= 4 is 29.6 Å². The first kappa shape index (κ1) is 26.8. The van der Waals surface area contributed by atoms with Crippen molar-refractivity contribution in [1.29, 1.82) is 10.5 Å². The van der Waals surface area contributed by atoms with Gasteiger partial charge in [0.15, 0.2) is 0 Å². The third kappa shape index (κ3) is 5.89. The highest BCUT2D eigenvalue weighted by Crippen LogP contribution is 2.48. The largest absolute Gasteiger partial charge is 0.465 e. The second kappa shape index (κ2) is 10.9. The van der Waals surface area contributed by atoms with Crippen LogP contribution in [-0.4, -0.2) is 52.7 Å². The summed E-state index contributed by atoms with van der Waals surface area (Å²) in [6.07, 6.45) is 0.677. The molecule has 0 saturated heterocycles. The minimum Gasteiger partial charge on any atom is -0.465 e. The summed E-state index contributed by atoms with van der Waals surface area (Å²) < 4.78 is 0. The van der Waals surface area contributed by atoms with Crippen LogP contribution in [0.5, 0.6) is 0 Å². The maximum Gasteiger partial charge on any atom is 0.407 e. The molecule has 1 aliphatic rings. The molecule has 10 heteroatoms. The SMILES string of the molecule is CN(CCN(C(=O)O)C(C)(C)C)c1nc(SC(C(N)=O)c2ccccc2)c(C#N)c(C2CC2)c1C#N. The predicted molar refractivity (Wildman–Crippen MR) is 138 cm³/mol. The molecule has 1 unspecified atom stereocenters. The number of carboxylic acid groups (broad SMARTS) is 1. The lowest BCUT2D eigenvalue weighted by atomic mass is 10.00. The molecule has 1 saturated carbocycles. The van der Waals surface area contributed by atoms with E-state index in [0.29, 0.717) is 33.1 Å². The number of aromatic nitrogens is 1. The molecule has 0 spiro atoms. The average Bonchev–Trinajstić information content (AvgIpc) is 3.65. The van der Waals surface area contributed by atoms with Crippen molar-refractivity contribution < 1.29 is 14.7 Å². The van der Waals surface area contributed by atoms with Crippen molar-refractivity contribution in [3.05, 3.63) is 52.6 Å². The van der Waals surface area contributed by atoms with Crippen LogP contribution in [0.25, 0.3) is 0 Å². The van der Waals surface area contributed by atoms with Gasteiger partial charge >= 0.3 is 6.09 Å². The van der Waals surface area contributed by atoms with Crippen molar-refractivity contribution in [2.45, 2.75) is 55.3 Å².